The van der Waals surface area contributed by atoms with Crippen molar-refractivity contribution in [1.29, 1.82) is 0 Å². The molecule has 1 N–H and O–H groups in total. The number of aryl methyl sites for hydroxylation is 2. The molecule has 1 unspecified atom stereocenters. The van der Waals surface area contributed by atoms with Gasteiger partial charge in [0.15, 0.2) is 0 Å². The lowest BCUT2D eigenvalue weighted by molar-refractivity contribution is 0.415. The summed E-state index contributed by atoms with van der Waals surface area (Å²) in [6.45, 7) is 2.21. The molecule has 2 nitrogen and oxygen atoms in total. The molecule has 0 bridgehead atoms. The predicted octanol–water partition coefficient (Wildman–Crippen LogP) is 4.75. The smallest absolute Gasteiger partial charge is 0.120 e. The van der Waals surface area contributed by atoms with Crippen molar-refractivity contribution in [3.63, 3.8) is 0 Å². The van der Waals surface area contributed by atoms with Crippen LogP contribution in [0.4, 0.5) is 5.69 Å². The Morgan fingerprint density at radius 1 is 1.00 bits per heavy atom. The van der Waals surface area contributed by atoms with Crippen molar-refractivity contribution < 1.29 is 4.74 Å². The summed E-state index contributed by atoms with van der Waals surface area (Å²) in [6.07, 6.45) is 5.14. The predicted molar refractivity (Wildman–Crippen MR) is 88.1 cm³/mol. The number of ether oxygens (including phenoxy) is 1. The van der Waals surface area contributed by atoms with Gasteiger partial charge in [-0.1, -0.05) is 24.3 Å². The first-order valence-corrected chi connectivity index (χ1v) is 7.78. The topological polar surface area (TPSA) is 21.3 Å². The molecule has 2 aromatic rings. The van der Waals surface area contributed by atoms with Gasteiger partial charge in [0.2, 0.25) is 0 Å². The molecule has 21 heavy (non-hydrogen) atoms. The first-order chi connectivity index (χ1) is 10.3. The van der Waals surface area contributed by atoms with Gasteiger partial charge in [-0.2, -0.15) is 0 Å². The number of methoxy groups -OCH3 is 1. The summed E-state index contributed by atoms with van der Waals surface area (Å²) in [4.78, 5) is 0. The fraction of sp³-hybridized carbons (Fsp3) is 0.368. The Balaban J connectivity index is 1.76. The second-order valence-corrected chi connectivity index (χ2v) is 5.83. The van der Waals surface area contributed by atoms with Crippen LogP contribution in [0, 0.1) is 0 Å². The van der Waals surface area contributed by atoms with E-state index in [-0.39, 0.29) is 0 Å². The minimum absolute atomic E-state index is 0.296. The monoisotopic (exact) mass is 281 g/mol. The lowest BCUT2D eigenvalue weighted by atomic mass is 9.89. The lowest BCUT2D eigenvalue weighted by Gasteiger charge is -2.21. The molecule has 1 aliphatic rings. The number of rotatable bonds is 4. The molecule has 0 saturated carbocycles. The molecular formula is C19H23NO. The van der Waals surface area contributed by atoms with Crippen molar-refractivity contribution in [1.82, 2.24) is 0 Å². The molecule has 0 spiro atoms. The molecule has 2 aromatic carbocycles. The number of fused-ring (bicyclic) bond motifs is 1. The van der Waals surface area contributed by atoms with E-state index in [1.165, 1.54) is 36.8 Å². The summed E-state index contributed by atoms with van der Waals surface area (Å²) in [6, 6.07) is 15.4. The van der Waals surface area contributed by atoms with Gasteiger partial charge >= 0.3 is 0 Å². The summed E-state index contributed by atoms with van der Waals surface area (Å²) >= 11 is 0. The minimum Gasteiger partial charge on any atom is -0.497 e. The standard InChI is InChI=1S/C19H23NO/c1-14(20-18-8-5-9-19(13-18)21-2)16-11-10-15-6-3-4-7-17(15)12-16/h5,8-14,20H,3-4,6-7H2,1-2H3. The van der Waals surface area contributed by atoms with Crippen molar-refractivity contribution in [3.05, 3.63) is 59.2 Å². The molecule has 110 valence electrons. The van der Waals surface area contributed by atoms with Gasteiger partial charge in [0.1, 0.15) is 5.75 Å². The van der Waals surface area contributed by atoms with Gasteiger partial charge in [0.25, 0.3) is 0 Å². The molecule has 0 saturated heterocycles. The summed E-state index contributed by atoms with van der Waals surface area (Å²) < 4.78 is 5.28. The van der Waals surface area contributed by atoms with Crippen LogP contribution in [-0.2, 0) is 12.8 Å². The van der Waals surface area contributed by atoms with Crippen molar-refractivity contribution >= 4 is 5.69 Å². The molecule has 1 aliphatic carbocycles. The van der Waals surface area contributed by atoms with Crippen LogP contribution in [-0.4, -0.2) is 7.11 Å². The fourth-order valence-electron chi connectivity index (χ4n) is 3.07. The van der Waals surface area contributed by atoms with E-state index in [1.807, 2.05) is 18.2 Å². The molecule has 0 radical (unpaired) electrons. The third-order valence-electron chi connectivity index (χ3n) is 4.33. The molecule has 2 heteroatoms. The van der Waals surface area contributed by atoms with Crippen molar-refractivity contribution in [2.45, 2.75) is 38.6 Å². The SMILES string of the molecule is COc1cccc(NC(C)c2ccc3c(c2)CCCC3)c1. The highest BCUT2D eigenvalue weighted by Gasteiger charge is 2.12. The Bertz CT molecular complexity index is 621. The second-order valence-electron chi connectivity index (χ2n) is 5.83. The van der Waals surface area contributed by atoms with E-state index in [2.05, 4.69) is 36.5 Å². The van der Waals surface area contributed by atoms with Crippen LogP contribution in [0.2, 0.25) is 0 Å². The number of hydrogen-bond donors (Lipinski definition) is 1. The van der Waals surface area contributed by atoms with E-state index in [9.17, 15) is 0 Å². The molecule has 0 amide bonds. The molecule has 0 aromatic heterocycles. The highest BCUT2D eigenvalue weighted by molar-refractivity contribution is 5.50. The summed E-state index contributed by atoms with van der Waals surface area (Å²) in [7, 11) is 1.70. The minimum atomic E-state index is 0.296. The highest BCUT2D eigenvalue weighted by atomic mass is 16.5. The Labute approximate surface area is 127 Å². The fourth-order valence-corrected chi connectivity index (χ4v) is 3.07. The van der Waals surface area contributed by atoms with Crippen LogP contribution in [0.5, 0.6) is 5.75 Å². The first-order valence-electron chi connectivity index (χ1n) is 7.78. The van der Waals surface area contributed by atoms with Gasteiger partial charge < -0.3 is 10.1 Å². The zero-order valence-corrected chi connectivity index (χ0v) is 12.9. The third-order valence-corrected chi connectivity index (χ3v) is 4.33. The molecular weight excluding hydrogens is 258 g/mol. The molecule has 3 rings (SSSR count). The molecule has 0 fully saturated rings. The van der Waals surface area contributed by atoms with Crippen molar-refractivity contribution in [2.75, 3.05) is 12.4 Å². The molecule has 1 atom stereocenters. The number of benzene rings is 2. The normalized spacial score (nSPS) is 15.1. The number of nitrogens with one attached hydrogen (secondary N) is 1. The maximum Gasteiger partial charge on any atom is 0.120 e. The highest BCUT2D eigenvalue weighted by Crippen LogP contribution is 2.27. The second kappa shape index (κ2) is 6.21. The first kappa shape index (κ1) is 14.0. The van der Waals surface area contributed by atoms with Gasteiger partial charge in [0, 0.05) is 17.8 Å². The van der Waals surface area contributed by atoms with E-state index >= 15 is 0 Å². The van der Waals surface area contributed by atoms with Crippen molar-refractivity contribution in [2.24, 2.45) is 0 Å². The molecule has 0 aliphatic heterocycles. The van der Waals surface area contributed by atoms with Gasteiger partial charge in [-0.15, -0.1) is 0 Å². The molecule has 0 heterocycles. The van der Waals surface area contributed by atoms with Gasteiger partial charge in [-0.05, 0) is 61.4 Å². The zero-order chi connectivity index (χ0) is 14.7. The van der Waals surface area contributed by atoms with E-state index in [4.69, 9.17) is 4.74 Å². The van der Waals surface area contributed by atoms with E-state index in [0.717, 1.165) is 11.4 Å². The van der Waals surface area contributed by atoms with Crippen LogP contribution in [0.15, 0.2) is 42.5 Å². The van der Waals surface area contributed by atoms with E-state index in [1.54, 1.807) is 12.7 Å². The quantitative estimate of drug-likeness (QED) is 0.873. The van der Waals surface area contributed by atoms with Gasteiger partial charge in [-0.25, -0.2) is 0 Å². The zero-order valence-electron chi connectivity index (χ0n) is 12.9. The lowest BCUT2D eigenvalue weighted by Crippen LogP contribution is -2.09. The van der Waals surface area contributed by atoms with E-state index < -0.39 is 0 Å². The van der Waals surface area contributed by atoms with Crippen molar-refractivity contribution in [3.8, 4) is 5.75 Å². The Hall–Kier alpha value is -1.96. The summed E-state index contributed by atoms with van der Waals surface area (Å²) in [5.41, 5.74) is 5.54. The average molecular weight is 281 g/mol. The number of hydrogen-bond acceptors (Lipinski definition) is 2. The maximum absolute atomic E-state index is 5.28. The Morgan fingerprint density at radius 3 is 2.62 bits per heavy atom. The van der Waals surface area contributed by atoms with Crippen LogP contribution < -0.4 is 10.1 Å². The summed E-state index contributed by atoms with van der Waals surface area (Å²) in [5.74, 6) is 0.887. The largest absolute Gasteiger partial charge is 0.497 e. The number of anilines is 1. The van der Waals surface area contributed by atoms with Crippen LogP contribution in [0.1, 0.15) is 42.5 Å². The van der Waals surface area contributed by atoms with Gasteiger partial charge in [0.05, 0.1) is 7.11 Å². The average Bonchev–Trinajstić information content (AvgIpc) is 2.54. The van der Waals surface area contributed by atoms with Crippen LogP contribution in [0.3, 0.4) is 0 Å². The summed E-state index contributed by atoms with van der Waals surface area (Å²) in [5, 5.41) is 3.56. The van der Waals surface area contributed by atoms with Crippen LogP contribution in [0.25, 0.3) is 0 Å². The van der Waals surface area contributed by atoms with Crippen LogP contribution >= 0.6 is 0 Å². The third kappa shape index (κ3) is 3.21. The van der Waals surface area contributed by atoms with Gasteiger partial charge in [-0.3, -0.25) is 0 Å². The Kier molecular flexibility index (Phi) is 4.14. The Morgan fingerprint density at radius 2 is 1.81 bits per heavy atom. The van der Waals surface area contributed by atoms with E-state index in [0.29, 0.717) is 6.04 Å². The maximum atomic E-state index is 5.28.